The number of benzene rings is 2. The molecule has 0 saturated carbocycles. The van der Waals surface area contributed by atoms with Crippen LogP contribution in [0.25, 0.3) is 0 Å². The van der Waals surface area contributed by atoms with Crippen molar-refractivity contribution < 1.29 is 39.2 Å². The molecule has 2 aliphatic rings. The van der Waals surface area contributed by atoms with E-state index in [0.717, 1.165) is 7.11 Å². The minimum absolute atomic E-state index is 0.0168. The first-order chi connectivity index (χ1) is 13.6. The molecule has 0 aliphatic heterocycles. The van der Waals surface area contributed by atoms with E-state index in [1.165, 1.54) is 25.1 Å². The molecule has 0 amide bonds. The molecule has 1 unspecified atom stereocenters. The Balaban J connectivity index is 2.12. The third kappa shape index (κ3) is 2.35. The second kappa shape index (κ2) is 5.99. The fourth-order valence-electron chi connectivity index (χ4n) is 4.21. The smallest absolute Gasteiger partial charge is 0.316 e. The van der Waals surface area contributed by atoms with Crippen LogP contribution in [0.15, 0.2) is 24.3 Å². The standard InChI is InChI=1S/C21H16O8/c1-21(28)7-10(22)11-12(15(21)20(27)29-2)19(26)14-13(18(11)25)16(23)8-5-3-4-6-9(8)17(14)24/h3-6,15,25-26,28H,7H2,1-2H3/t15-,21?/m0/s1. The van der Waals surface area contributed by atoms with Crippen LogP contribution >= 0.6 is 0 Å². The molecule has 0 bridgehead atoms. The summed E-state index contributed by atoms with van der Waals surface area (Å²) in [4.78, 5) is 51.0. The summed E-state index contributed by atoms with van der Waals surface area (Å²) in [6.45, 7) is 1.22. The zero-order valence-electron chi connectivity index (χ0n) is 15.5. The average Bonchev–Trinajstić information content (AvgIpc) is 2.67. The molecule has 0 spiro atoms. The molecule has 148 valence electrons. The highest BCUT2D eigenvalue weighted by Gasteiger charge is 2.52. The minimum Gasteiger partial charge on any atom is -0.507 e. The molecule has 0 saturated heterocycles. The Bertz CT molecular complexity index is 1140. The van der Waals surface area contributed by atoms with Gasteiger partial charge in [0.05, 0.1) is 29.4 Å². The highest BCUT2D eigenvalue weighted by atomic mass is 16.5. The van der Waals surface area contributed by atoms with Gasteiger partial charge in [0.2, 0.25) is 0 Å². The van der Waals surface area contributed by atoms with Gasteiger partial charge in [-0.15, -0.1) is 0 Å². The van der Waals surface area contributed by atoms with Gasteiger partial charge in [0.1, 0.15) is 17.4 Å². The zero-order valence-corrected chi connectivity index (χ0v) is 15.5. The van der Waals surface area contributed by atoms with Crippen LogP contribution in [-0.4, -0.2) is 51.3 Å². The van der Waals surface area contributed by atoms with E-state index in [1.807, 2.05) is 0 Å². The zero-order chi connectivity index (χ0) is 21.2. The fraction of sp³-hybridized carbons (Fsp3) is 0.238. The number of Topliss-reactive ketones (excluding diaryl/α,β-unsaturated/α-hetero) is 1. The monoisotopic (exact) mass is 396 g/mol. The van der Waals surface area contributed by atoms with Gasteiger partial charge in [-0.2, -0.15) is 0 Å². The molecule has 2 atom stereocenters. The summed E-state index contributed by atoms with van der Waals surface area (Å²) in [7, 11) is 1.06. The number of ether oxygens (including phenoxy) is 1. The number of aliphatic hydroxyl groups is 1. The Morgan fingerprint density at radius 1 is 1.00 bits per heavy atom. The van der Waals surface area contributed by atoms with E-state index in [1.54, 1.807) is 6.07 Å². The number of fused-ring (bicyclic) bond motifs is 3. The number of ketones is 3. The van der Waals surface area contributed by atoms with Crippen molar-refractivity contribution in [3.8, 4) is 11.5 Å². The number of hydrogen-bond acceptors (Lipinski definition) is 8. The lowest BCUT2D eigenvalue weighted by atomic mass is 9.68. The van der Waals surface area contributed by atoms with Gasteiger partial charge in [-0.25, -0.2) is 0 Å². The van der Waals surface area contributed by atoms with E-state index in [-0.39, 0.29) is 11.1 Å². The van der Waals surface area contributed by atoms with Gasteiger partial charge in [-0.3, -0.25) is 19.2 Å². The first-order valence-corrected chi connectivity index (χ1v) is 8.75. The number of phenols is 2. The maximum atomic E-state index is 13.0. The molecule has 2 aromatic rings. The van der Waals surface area contributed by atoms with Crippen LogP contribution in [-0.2, 0) is 9.53 Å². The van der Waals surface area contributed by atoms with Gasteiger partial charge in [0.15, 0.2) is 17.3 Å². The van der Waals surface area contributed by atoms with Crippen LogP contribution < -0.4 is 0 Å². The summed E-state index contributed by atoms with van der Waals surface area (Å²) >= 11 is 0. The molecule has 2 aliphatic carbocycles. The van der Waals surface area contributed by atoms with Gasteiger partial charge in [-0.1, -0.05) is 24.3 Å². The number of rotatable bonds is 1. The highest BCUT2D eigenvalue weighted by molar-refractivity contribution is 6.31. The van der Waals surface area contributed by atoms with E-state index < -0.39 is 75.0 Å². The van der Waals surface area contributed by atoms with Gasteiger partial charge >= 0.3 is 5.97 Å². The number of esters is 1. The van der Waals surface area contributed by atoms with Crippen molar-refractivity contribution >= 4 is 23.3 Å². The van der Waals surface area contributed by atoms with E-state index >= 15 is 0 Å². The number of carbonyl (C=O) groups excluding carboxylic acids is 4. The topological polar surface area (TPSA) is 138 Å². The quantitative estimate of drug-likeness (QED) is 0.415. The first-order valence-electron chi connectivity index (χ1n) is 8.75. The number of aromatic hydroxyl groups is 2. The third-order valence-electron chi connectivity index (χ3n) is 5.50. The highest BCUT2D eigenvalue weighted by Crippen LogP contribution is 2.51. The lowest BCUT2D eigenvalue weighted by molar-refractivity contribution is -0.149. The molecule has 29 heavy (non-hydrogen) atoms. The summed E-state index contributed by atoms with van der Waals surface area (Å²) in [6, 6.07) is 5.88. The Kier molecular flexibility index (Phi) is 3.89. The molecule has 4 rings (SSSR count). The van der Waals surface area contributed by atoms with Crippen molar-refractivity contribution in [2.24, 2.45) is 0 Å². The summed E-state index contributed by atoms with van der Waals surface area (Å²) < 4.78 is 4.71. The second-order valence-electron chi connectivity index (χ2n) is 7.35. The molecule has 0 aromatic heterocycles. The molecule has 3 N–H and O–H groups in total. The largest absolute Gasteiger partial charge is 0.507 e. The van der Waals surface area contributed by atoms with Crippen LogP contribution in [0.2, 0.25) is 0 Å². The summed E-state index contributed by atoms with van der Waals surface area (Å²) in [5.74, 6) is -6.36. The van der Waals surface area contributed by atoms with Crippen LogP contribution in [0.1, 0.15) is 67.0 Å². The van der Waals surface area contributed by atoms with E-state index in [0.29, 0.717) is 0 Å². The normalized spacial score (nSPS) is 22.6. The van der Waals surface area contributed by atoms with Crippen molar-refractivity contribution in [2.45, 2.75) is 24.9 Å². The molecular formula is C21H16O8. The summed E-state index contributed by atoms with van der Waals surface area (Å²) in [6.07, 6.45) is -0.551. The van der Waals surface area contributed by atoms with Crippen molar-refractivity contribution in [1.82, 2.24) is 0 Å². The van der Waals surface area contributed by atoms with Gasteiger partial charge in [-0.05, 0) is 6.92 Å². The molecule has 8 heteroatoms. The predicted molar refractivity (Wildman–Crippen MR) is 97.4 cm³/mol. The number of phenolic OH excluding ortho intramolecular Hbond substituents is 2. The van der Waals surface area contributed by atoms with Crippen molar-refractivity contribution in [2.75, 3.05) is 7.11 Å². The van der Waals surface area contributed by atoms with Gasteiger partial charge in [0.25, 0.3) is 0 Å². The number of carbonyl (C=O) groups is 4. The van der Waals surface area contributed by atoms with Crippen molar-refractivity contribution in [3.63, 3.8) is 0 Å². The van der Waals surface area contributed by atoms with Gasteiger partial charge < -0.3 is 20.1 Å². The third-order valence-corrected chi connectivity index (χ3v) is 5.50. The Morgan fingerprint density at radius 3 is 2.03 bits per heavy atom. The summed E-state index contributed by atoms with van der Waals surface area (Å²) in [5.41, 5.74) is -3.79. The van der Waals surface area contributed by atoms with Crippen molar-refractivity contribution in [3.05, 3.63) is 57.6 Å². The van der Waals surface area contributed by atoms with Crippen LogP contribution in [0.4, 0.5) is 0 Å². The molecular weight excluding hydrogens is 380 g/mol. The molecule has 0 fully saturated rings. The van der Waals surface area contributed by atoms with Gasteiger partial charge in [0, 0.05) is 23.1 Å². The maximum absolute atomic E-state index is 13.0. The minimum atomic E-state index is -1.94. The molecule has 0 heterocycles. The second-order valence-corrected chi connectivity index (χ2v) is 7.35. The molecule has 0 radical (unpaired) electrons. The number of hydrogen-bond donors (Lipinski definition) is 3. The lowest BCUT2D eigenvalue weighted by Gasteiger charge is -2.37. The first kappa shape index (κ1) is 18.8. The molecule has 8 nitrogen and oxygen atoms in total. The van der Waals surface area contributed by atoms with E-state index in [2.05, 4.69) is 0 Å². The summed E-state index contributed by atoms with van der Waals surface area (Å²) in [5, 5.41) is 32.4. The van der Waals surface area contributed by atoms with E-state index in [9.17, 15) is 34.5 Å². The van der Waals surface area contributed by atoms with E-state index in [4.69, 9.17) is 4.74 Å². The van der Waals surface area contributed by atoms with Crippen molar-refractivity contribution in [1.29, 1.82) is 0 Å². The lowest BCUT2D eigenvalue weighted by Crippen LogP contribution is -2.45. The predicted octanol–water partition coefficient (Wildman–Crippen LogP) is 1.47. The number of methoxy groups -OCH3 is 1. The van der Waals surface area contributed by atoms with Crippen LogP contribution in [0, 0.1) is 0 Å². The van der Waals surface area contributed by atoms with Crippen LogP contribution in [0.3, 0.4) is 0 Å². The Labute approximate surface area is 164 Å². The Morgan fingerprint density at radius 2 is 1.52 bits per heavy atom. The fourth-order valence-corrected chi connectivity index (χ4v) is 4.21. The maximum Gasteiger partial charge on any atom is 0.316 e. The molecule has 2 aromatic carbocycles. The van der Waals surface area contributed by atoms with Crippen LogP contribution in [0.5, 0.6) is 11.5 Å². The Hall–Kier alpha value is -3.52. The SMILES string of the molecule is COC(=O)[C@@H]1c2c(O)c3c(c(O)c2C(=O)CC1(C)O)C(=O)c1ccccc1C3=O. The average molecular weight is 396 g/mol.